The van der Waals surface area contributed by atoms with Crippen LogP contribution in [-0.4, -0.2) is 26.2 Å². The van der Waals surface area contributed by atoms with Gasteiger partial charge in [0.1, 0.15) is 5.54 Å². The van der Waals surface area contributed by atoms with Crippen LogP contribution in [0.5, 0.6) is 0 Å². The van der Waals surface area contributed by atoms with Gasteiger partial charge >= 0.3 is 0 Å². The standard InChI is InChI=1S/C27H28FN3O2/c1-32-16-18-9-17(15-29)10-21(11-18)19-3-4-20-13-26(7-5-22(33-2)6-8-26)27(23(20)12-19)14-24(28)25(30)31-27/h3-4,9-12,14,22H,5-8,13,16H2,1-2H3,(H2,30,31). The van der Waals surface area contributed by atoms with Crippen LogP contribution in [0.25, 0.3) is 11.1 Å². The quantitative estimate of drug-likeness (QED) is 0.724. The molecular formula is C27H28FN3O2. The molecule has 2 aromatic carbocycles. The first-order valence-electron chi connectivity index (χ1n) is 11.4. The van der Waals surface area contributed by atoms with Crippen LogP contribution in [0.2, 0.25) is 0 Å². The summed E-state index contributed by atoms with van der Waals surface area (Å²) in [5.74, 6) is -0.453. The first-order chi connectivity index (χ1) is 15.9. The fourth-order valence-corrected chi connectivity index (χ4v) is 6.10. The Morgan fingerprint density at radius 1 is 1.15 bits per heavy atom. The second kappa shape index (κ2) is 8.09. The van der Waals surface area contributed by atoms with E-state index in [-0.39, 0.29) is 17.4 Å². The molecule has 1 unspecified atom stereocenters. The van der Waals surface area contributed by atoms with Gasteiger partial charge < -0.3 is 15.2 Å². The van der Waals surface area contributed by atoms with E-state index in [1.807, 2.05) is 18.2 Å². The third-order valence-corrected chi connectivity index (χ3v) is 7.72. The Balaban J connectivity index is 1.63. The summed E-state index contributed by atoms with van der Waals surface area (Å²) < 4.78 is 25.7. The molecule has 3 aliphatic rings. The summed E-state index contributed by atoms with van der Waals surface area (Å²) >= 11 is 0. The van der Waals surface area contributed by atoms with Gasteiger partial charge in [-0.25, -0.2) is 9.38 Å². The number of nitrogens with two attached hydrogens (primary N) is 1. The number of nitriles is 1. The molecule has 5 rings (SSSR count). The number of methoxy groups -OCH3 is 2. The second-order valence-electron chi connectivity index (χ2n) is 9.48. The highest BCUT2D eigenvalue weighted by Crippen LogP contribution is 2.62. The highest BCUT2D eigenvalue weighted by molar-refractivity contribution is 5.98. The molecule has 1 aliphatic heterocycles. The molecule has 170 valence electrons. The number of benzene rings is 2. The van der Waals surface area contributed by atoms with E-state index in [0.29, 0.717) is 12.2 Å². The molecule has 33 heavy (non-hydrogen) atoms. The zero-order valence-electron chi connectivity index (χ0n) is 19.0. The van der Waals surface area contributed by atoms with Gasteiger partial charge in [-0.05, 0) is 90.3 Å². The first-order valence-corrected chi connectivity index (χ1v) is 11.4. The van der Waals surface area contributed by atoms with Gasteiger partial charge in [0.15, 0.2) is 11.7 Å². The van der Waals surface area contributed by atoms with Crippen molar-refractivity contribution < 1.29 is 13.9 Å². The molecule has 1 heterocycles. The van der Waals surface area contributed by atoms with Gasteiger partial charge in [0.05, 0.1) is 24.3 Å². The van der Waals surface area contributed by atoms with Crippen molar-refractivity contribution in [1.82, 2.24) is 0 Å². The number of amidine groups is 1. The minimum absolute atomic E-state index is 0.0182. The SMILES string of the molecule is COCc1cc(C#N)cc(-c2ccc3c(c2)C2(C=C(F)C(N)=N2)C2(CCC(OC)CC2)C3)c1. The molecule has 0 bridgehead atoms. The van der Waals surface area contributed by atoms with Crippen LogP contribution in [0.1, 0.15) is 47.9 Å². The van der Waals surface area contributed by atoms with Crippen LogP contribution in [0, 0.1) is 16.7 Å². The van der Waals surface area contributed by atoms with Crippen molar-refractivity contribution in [2.75, 3.05) is 14.2 Å². The summed E-state index contributed by atoms with van der Waals surface area (Å²) in [6.07, 6.45) is 6.37. The van der Waals surface area contributed by atoms with Gasteiger partial charge in [0, 0.05) is 19.6 Å². The van der Waals surface area contributed by atoms with Crippen LogP contribution >= 0.6 is 0 Å². The third kappa shape index (κ3) is 3.38. The molecule has 5 nitrogen and oxygen atoms in total. The van der Waals surface area contributed by atoms with E-state index in [0.717, 1.165) is 54.4 Å². The monoisotopic (exact) mass is 445 g/mol. The highest BCUT2D eigenvalue weighted by atomic mass is 19.1. The summed E-state index contributed by atoms with van der Waals surface area (Å²) in [4.78, 5) is 4.80. The van der Waals surface area contributed by atoms with Gasteiger partial charge in [-0.15, -0.1) is 0 Å². The zero-order chi connectivity index (χ0) is 23.2. The number of hydrogen-bond donors (Lipinski definition) is 1. The van der Waals surface area contributed by atoms with Crippen molar-refractivity contribution in [3.63, 3.8) is 0 Å². The lowest BCUT2D eigenvalue weighted by Gasteiger charge is -2.45. The smallest absolute Gasteiger partial charge is 0.163 e. The Labute approximate surface area is 193 Å². The topological polar surface area (TPSA) is 80.6 Å². The molecule has 6 heteroatoms. The van der Waals surface area contributed by atoms with Crippen molar-refractivity contribution in [1.29, 1.82) is 5.26 Å². The average molecular weight is 446 g/mol. The van der Waals surface area contributed by atoms with E-state index in [4.69, 9.17) is 20.2 Å². The van der Waals surface area contributed by atoms with Gasteiger partial charge in [0.25, 0.3) is 0 Å². The summed E-state index contributed by atoms with van der Waals surface area (Å²) in [5.41, 5.74) is 10.6. The lowest BCUT2D eigenvalue weighted by atomic mass is 9.62. The summed E-state index contributed by atoms with van der Waals surface area (Å²) in [7, 11) is 3.39. The number of ether oxygens (including phenoxy) is 2. The van der Waals surface area contributed by atoms with E-state index >= 15 is 0 Å². The lowest BCUT2D eigenvalue weighted by molar-refractivity contribution is 0.00815. The molecule has 0 aromatic heterocycles. The molecule has 2 N–H and O–H groups in total. The van der Waals surface area contributed by atoms with Crippen molar-refractivity contribution in [3.8, 4) is 17.2 Å². The van der Waals surface area contributed by atoms with Crippen molar-refractivity contribution in [2.45, 2.75) is 50.4 Å². The molecule has 1 fully saturated rings. The molecule has 0 saturated heterocycles. The predicted molar refractivity (Wildman–Crippen MR) is 125 cm³/mol. The van der Waals surface area contributed by atoms with Crippen molar-refractivity contribution >= 4 is 5.84 Å². The van der Waals surface area contributed by atoms with Crippen LogP contribution in [-0.2, 0) is 28.0 Å². The lowest BCUT2D eigenvalue weighted by Crippen LogP contribution is -2.43. The third-order valence-electron chi connectivity index (χ3n) is 7.72. The Morgan fingerprint density at radius 2 is 1.94 bits per heavy atom. The molecule has 0 radical (unpaired) electrons. The van der Waals surface area contributed by atoms with E-state index in [9.17, 15) is 9.65 Å². The van der Waals surface area contributed by atoms with Crippen molar-refractivity contribution in [3.05, 3.63) is 70.6 Å². The molecule has 1 saturated carbocycles. The number of aliphatic imine (C=N–C) groups is 1. The minimum Gasteiger partial charge on any atom is -0.382 e. The average Bonchev–Trinajstić information content (AvgIpc) is 3.27. The number of fused-ring (bicyclic) bond motifs is 3. The van der Waals surface area contributed by atoms with E-state index in [1.54, 1.807) is 20.3 Å². The van der Waals surface area contributed by atoms with Gasteiger partial charge in [-0.2, -0.15) is 5.26 Å². The molecular weight excluding hydrogens is 417 g/mol. The molecule has 0 amide bonds. The normalized spacial score (nSPS) is 28.0. The molecule has 1 atom stereocenters. The van der Waals surface area contributed by atoms with Crippen LogP contribution in [0.4, 0.5) is 4.39 Å². The second-order valence-corrected chi connectivity index (χ2v) is 9.48. The Hall–Kier alpha value is -3.01. The maximum atomic E-state index is 14.8. The maximum absolute atomic E-state index is 14.8. The number of hydrogen-bond acceptors (Lipinski definition) is 5. The maximum Gasteiger partial charge on any atom is 0.163 e. The molecule has 2 spiro atoms. The minimum atomic E-state index is -0.798. The van der Waals surface area contributed by atoms with E-state index < -0.39 is 11.4 Å². The van der Waals surface area contributed by atoms with E-state index in [2.05, 4.69) is 24.3 Å². The largest absolute Gasteiger partial charge is 0.382 e. The van der Waals surface area contributed by atoms with Crippen molar-refractivity contribution in [2.24, 2.45) is 16.1 Å². The predicted octanol–water partition coefficient (Wildman–Crippen LogP) is 4.92. The Morgan fingerprint density at radius 3 is 2.58 bits per heavy atom. The Bertz CT molecular complexity index is 1180. The van der Waals surface area contributed by atoms with Gasteiger partial charge in [0.2, 0.25) is 0 Å². The molecule has 2 aromatic rings. The van der Waals surface area contributed by atoms with E-state index in [1.165, 1.54) is 5.56 Å². The highest BCUT2D eigenvalue weighted by Gasteiger charge is 2.59. The van der Waals surface area contributed by atoms with Crippen LogP contribution in [0.3, 0.4) is 0 Å². The van der Waals surface area contributed by atoms with Gasteiger partial charge in [-0.3, -0.25) is 0 Å². The zero-order valence-corrected chi connectivity index (χ0v) is 19.0. The van der Waals surface area contributed by atoms with Crippen LogP contribution < -0.4 is 5.73 Å². The fraction of sp³-hybridized carbons (Fsp3) is 0.407. The number of nitrogens with zero attached hydrogens (tertiary/aromatic N) is 2. The van der Waals surface area contributed by atoms with Gasteiger partial charge in [-0.1, -0.05) is 12.1 Å². The first kappa shape index (κ1) is 21.8. The summed E-state index contributed by atoms with van der Waals surface area (Å²) in [6.45, 7) is 0.427. The fourth-order valence-electron chi connectivity index (χ4n) is 6.10. The molecule has 2 aliphatic carbocycles. The summed E-state index contributed by atoms with van der Waals surface area (Å²) in [5, 5.41) is 9.51. The number of halogens is 1. The van der Waals surface area contributed by atoms with Crippen LogP contribution in [0.15, 0.2) is 53.3 Å². The Kier molecular flexibility index (Phi) is 5.35. The number of rotatable bonds is 4. The summed E-state index contributed by atoms with van der Waals surface area (Å²) in [6, 6.07) is 14.3.